The minimum Gasteiger partial charge on any atom is -0.356 e. The molecule has 1 N–H and O–H groups in total. The number of carbonyl (C=O) groups excluding carboxylic acids is 1. The predicted molar refractivity (Wildman–Crippen MR) is 138 cm³/mol. The van der Waals surface area contributed by atoms with Crippen LogP contribution in [0, 0.1) is 6.92 Å². The van der Waals surface area contributed by atoms with Gasteiger partial charge in [0.25, 0.3) is 5.56 Å². The average molecular weight is 475 g/mol. The van der Waals surface area contributed by atoms with Crippen molar-refractivity contribution in [1.82, 2.24) is 20.0 Å². The molecule has 2 aromatic heterocycles. The maximum atomic E-state index is 13.1. The van der Waals surface area contributed by atoms with Gasteiger partial charge in [-0.2, -0.15) is 5.10 Å². The average Bonchev–Trinajstić information content (AvgIpc) is 3.25. The Kier molecular flexibility index (Phi) is 6.74. The van der Waals surface area contributed by atoms with Crippen molar-refractivity contribution in [3.05, 3.63) is 75.7 Å². The number of benzene rings is 2. The summed E-state index contributed by atoms with van der Waals surface area (Å²) in [4.78, 5) is 27.8. The van der Waals surface area contributed by atoms with E-state index in [1.165, 1.54) is 15.8 Å². The van der Waals surface area contributed by atoms with E-state index in [1.807, 2.05) is 31.2 Å². The quantitative estimate of drug-likeness (QED) is 0.388. The van der Waals surface area contributed by atoms with Gasteiger partial charge in [-0.1, -0.05) is 42.5 Å². The highest BCUT2D eigenvalue weighted by molar-refractivity contribution is 7.26. The standard InChI is InChI=1S/C27H30N4O2S/c1-19-26-25(22-10-4-5-11-23(22)34-26)27(33)31(29-19)16-6-12-24(32)28-14-7-15-30-17-13-20-8-2-3-9-21(20)18-30/h2-5,8-11H,6-7,12-18H2,1H3,(H,28,32). The molecule has 176 valence electrons. The zero-order valence-electron chi connectivity index (χ0n) is 19.5. The molecule has 0 aliphatic carbocycles. The topological polar surface area (TPSA) is 67.2 Å². The maximum absolute atomic E-state index is 13.1. The first kappa shape index (κ1) is 22.7. The first-order valence-electron chi connectivity index (χ1n) is 12.0. The second kappa shape index (κ2) is 10.1. The molecule has 0 fully saturated rings. The number of nitrogens with one attached hydrogen (secondary N) is 1. The molecule has 1 aliphatic rings. The highest BCUT2D eigenvalue weighted by Crippen LogP contribution is 2.32. The molecule has 0 spiro atoms. The van der Waals surface area contributed by atoms with Gasteiger partial charge in [-0.25, -0.2) is 4.68 Å². The fourth-order valence-corrected chi connectivity index (χ4v) is 5.95. The smallest absolute Gasteiger partial charge is 0.276 e. The van der Waals surface area contributed by atoms with E-state index in [0.717, 1.165) is 58.3 Å². The molecule has 0 atom stereocenters. The lowest BCUT2D eigenvalue weighted by molar-refractivity contribution is -0.121. The molecule has 4 aromatic rings. The number of nitrogens with zero attached hydrogens (tertiary/aromatic N) is 3. The van der Waals surface area contributed by atoms with Crippen molar-refractivity contribution in [3.8, 4) is 0 Å². The molecule has 0 saturated carbocycles. The van der Waals surface area contributed by atoms with Crippen LogP contribution in [0.25, 0.3) is 20.2 Å². The van der Waals surface area contributed by atoms with Crippen LogP contribution < -0.4 is 10.9 Å². The molecule has 1 amide bonds. The number of rotatable bonds is 8. The maximum Gasteiger partial charge on any atom is 0.276 e. The van der Waals surface area contributed by atoms with Gasteiger partial charge in [0, 0.05) is 49.2 Å². The van der Waals surface area contributed by atoms with Gasteiger partial charge in [0.1, 0.15) is 0 Å². The SMILES string of the molecule is Cc1nn(CCCC(=O)NCCCN2CCc3ccccc3C2)c(=O)c2c1sc1ccccc12. The third-order valence-corrected chi connectivity index (χ3v) is 7.88. The summed E-state index contributed by atoms with van der Waals surface area (Å²) in [6, 6.07) is 16.6. The van der Waals surface area contributed by atoms with Crippen LogP contribution in [0.4, 0.5) is 0 Å². The Bertz CT molecular complexity index is 1390. The summed E-state index contributed by atoms with van der Waals surface area (Å²) in [5.74, 6) is 0.0378. The van der Waals surface area contributed by atoms with Crippen molar-refractivity contribution in [2.45, 2.75) is 45.7 Å². The van der Waals surface area contributed by atoms with Crippen molar-refractivity contribution in [3.63, 3.8) is 0 Å². The number of fused-ring (bicyclic) bond motifs is 4. The summed E-state index contributed by atoms with van der Waals surface area (Å²) in [7, 11) is 0. The van der Waals surface area contributed by atoms with Crippen molar-refractivity contribution in [1.29, 1.82) is 0 Å². The lowest BCUT2D eigenvalue weighted by atomic mass is 10.00. The largest absolute Gasteiger partial charge is 0.356 e. The number of thiophene rings is 1. The third kappa shape index (κ3) is 4.76. The molecular formula is C27H30N4O2S. The fraction of sp³-hybridized carbons (Fsp3) is 0.370. The Morgan fingerprint density at radius 2 is 1.85 bits per heavy atom. The molecule has 34 heavy (non-hydrogen) atoms. The van der Waals surface area contributed by atoms with Gasteiger partial charge >= 0.3 is 0 Å². The van der Waals surface area contributed by atoms with Gasteiger partial charge in [0.15, 0.2) is 0 Å². The molecule has 6 nitrogen and oxygen atoms in total. The number of amides is 1. The van der Waals surface area contributed by atoms with Crippen molar-refractivity contribution in [2.75, 3.05) is 19.6 Å². The van der Waals surface area contributed by atoms with Gasteiger partial charge in [-0.05, 0) is 43.4 Å². The van der Waals surface area contributed by atoms with Crippen molar-refractivity contribution < 1.29 is 4.79 Å². The highest BCUT2D eigenvalue weighted by Gasteiger charge is 2.16. The van der Waals surface area contributed by atoms with Crippen molar-refractivity contribution >= 4 is 37.4 Å². The molecule has 0 unspecified atom stereocenters. The molecule has 0 bridgehead atoms. The number of aromatic nitrogens is 2. The van der Waals surface area contributed by atoms with E-state index in [0.29, 0.717) is 25.9 Å². The second-order valence-corrected chi connectivity index (χ2v) is 10.1. The molecule has 3 heterocycles. The van der Waals surface area contributed by atoms with E-state index in [2.05, 4.69) is 39.6 Å². The molecular weight excluding hydrogens is 444 g/mol. The molecule has 5 rings (SSSR count). The summed E-state index contributed by atoms with van der Waals surface area (Å²) in [5.41, 5.74) is 3.68. The third-order valence-electron chi connectivity index (χ3n) is 6.60. The normalized spacial score (nSPS) is 13.9. The van der Waals surface area contributed by atoms with Crippen LogP contribution in [0.3, 0.4) is 0 Å². The van der Waals surface area contributed by atoms with Gasteiger partial charge in [-0.3, -0.25) is 14.5 Å². The summed E-state index contributed by atoms with van der Waals surface area (Å²) >= 11 is 1.61. The molecule has 2 aromatic carbocycles. The minimum atomic E-state index is -0.0680. The monoisotopic (exact) mass is 474 g/mol. The zero-order chi connectivity index (χ0) is 23.5. The van der Waals surface area contributed by atoms with Gasteiger partial charge in [0.2, 0.25) is 5.91 Å². The first-order valence-corrected chi connectivity index (χ1v) is 12.9. The Morgan fingerprint density at radius 3 is 2.74 bits per heavy atom. The lowest BCUT2D eigenvalue weighted by Crippen LogP contribution is -2.33. The Balaban J connectivity index is 1.09. The Hall–Kier alpha value is -3.03. The summed E-state index contributed by atoms with van der Waals surface area (Å²) in [6.45, 7) is 6.13. The minimum absolute atomic E-state index is 0.0378. The van der Waals surface area contributed by atoms with Crippen LogP contribution in [0.2, 0.25) is 0 Å². The number of hydrogen-bond donors (Lipinski definition) is 1. The summed E-state index contributed by atoms with van der Waals surface area (Å²) in [6.07, 6.45) is 3.03. The van der Waals surface area contributed by atoms with Crippen LogP contribution in [-0.4, -0.2) is 40.2 Å². The summed E-state index contributed by atoms with van der Waals surface area (Å²) < 4.78 is 3.58. The van der Waals surface area contributed by atoms with E-state index >= 15 is 0 Å². The van der Waals surface area contributed by atoms with E-state index < -0.39 is 0 Å². The highest BCUT2D eigenvalue weighted by atomic mass is 32.1. The van der Waals surface area contributed by atoms with E-state index in [1.54, 1.807) is 11.3 Å². The number of hydrogen-bond acceptors (Lipinski definition) is 5. The van der Waals surface area contributed by atoms with Crippen molar-refractivity contribution in [2.24, 2.45) is 0 Å². The Labute approximate surface area is 203 Å². The fourth-order valence-electron chi connectivity index (χ4n) is 4.82. The van der Waals surface area contributed by atoms with Gasteiger partial charge < -0.3 is 5.32 Å². The van der Waals surface area contributed by atoms with E-state index in [-0.39, 0.29) is 11.5 Å². The zero-order valence-corrected chi connectivity index (χ0v) is 20.4. The first-order chi connectivity index (χ1) is 16.6. The number of carbonyl (C=O) groups is 1. The van der Waals surface area contributed by atoms with E-state index in [4.69, 9.17) is 0 Å². The van der Waals surface area contributed by atoms with Crippen LogP contribution in [0.15, 0.2) is 53.3 Å². The summed E-state index contributed by atoms with van der Waals surface area (Å²) in [5, 5.41) is 9.28. The number of aryl methyl sites for hydroxylation is 2. The molecule has 1 aliphatic heterocycles. The van der Waals surface area contributed by atoms with E-state index in [9.17, 15) is 9.59 Å². The van der Waals surface area contributed by atoms with Gasteiger partial charge in [-0.15, -0.1) is 11.3 Å². The van der Waals surface area contributed by atoms with Crippen LogP contribution >= 0.6 is 11.3 Å². The predicted octanol–water partition coefficient (Wildman–Crippen LogP) is 4.26. The molecule has 0 saturated heterocycles. The van der Waals surface area contributed by atoms with Crippen LogP contribution in [0.5, 0.6) is 0 Å². The molecule has 0 radical (unpaired) electrons. The molecule has 7 heteroatoms. The van der Waals surface area contributed by atoms with Crippen LogP contribution in [-0.2, 0) is 24.3 Å². The van der Waals surface area contributed by atoms with Crippen LogP contribution in [0.1, 0.15) is 36.1 Å². The lowest BCUT2D eigenvalue weighted by Gasteiger charge is -2.28. The second-order valence-electron chi connectivity index (χ2n) is 9.02. The van der Waals surface area contributed by atoms with Gasteiger partial charge in [0.05, 0.1) is 15.8 Å². The Morgan fingerprint density at radius 1 is 1.06 bits per heavy atom.